The van der Waals surface area contributed by atoms with E-state index < -0.39 is 6.10 Å². The molecule has 3 nitrogen and oxygen atoms in total. The molecule has 0 aliphatic heterocycles. The van der Waals surface area contributed by atoms with Crippen LogP contribution >= 0.6 is 0 Å². The normalized spacial score (nSPS) is 12.2. The van der Waals surface area contributed by atoms with E-state index in [0.717, 1.165) is 11.3 Å². The summed E-state index contributed by atoms with van der Waals surface area (Å²) in [7, 11) is 1.95. The molecule has 1 N–H and O–H groups in total. The van der Waals surface area contributed by atoms with Gasteiger partial charge in [-0.25, -0.2) is 4.39 Å². The Balaban J connectivity index is 2.07. The lowest BCUT2D eigenvalue weighted by Crippen LogP contribution is -2.16. The molecular weight excluding hydrogens is 243 g/mol. The van der Waals surface area contributed by atoms with Crippen LogP contribution in [0.2, 0.25) is 0 Å². The first-order valence-corrected chi connectivity index (χ1v) is 6.16. The maximum absolute atomic E-state index is 12.8. The zero-order chi connectivity index (χ0) is 13.8. The van der Waals surface area contributed by atoms with E-state index in [1.165, 1.54) is 12.1 Å². The lowest BCUT2D eigenvalue weighted by Gasteiger charge is -2.19. The number of rotatable bonds is 4. The summed E-state index contributed by atoms with van der Waals surface area (Å²) in [6.07, 6.45) is 1.17. The van der Waals surface area contributed by atoms with E-state index >= 15 is 0 Å². The average Bonchev–Trinajstić information content (AvgIpc) is 2.41. The van der Waals surface area contributed by atoms with E-state index in [1.54, 1.807) is 31.3 Å². The van der Waals surface area contributed by atoms with E-state index in [1.807, 2.05) is 18.0 Å². The minimum atomic E-state index is -0.559. The molecule has 0 amide bonds. The Morgan fingerprint density at radius 1 is 1.21 bits per heavy atom. The minimum Gasteiger partial charge on any atom is -0.387 e. The van der Waals surface area contributed by atoms with Gasteiger partial charge in [-0.2, -0.15) is 0 Å². The van der Waals surface area contributed by atoms with Gasteiger partial charge < -0.3 is 10.0 Å². The lowest BCUT2D eigenvalue weighted by molar-refractivity contribution is 0.194. The molecule has 0 bridgehead atoms. The van der Waals surface area contributed by atoms with Gasteiger partial charge in [-0.05, 0) is 36.8 Å². The summed E-state index contributed by atoms with van der Waals surface area (Å²) < 4.78 is 12.8. The molecule has 1 heterocycles. The number of hydrogen-bond donors (Lipinski definition) is 1. The van der Waals surface area contributed by atoms with Gasteiger partial charge in [0, 0.05) is 13.6 Å². The number of pyridine rings is 1. The standard InChI is InChI=1S/C15H17FN2O/c1-11(19)15-8-7-14(9-17-15)18(2)10-12-3-5-13(16)6-4-12/h3-9,11,19H,10H2,1-2H3/t11-/m1/s1. The average molecular weight is 260 g/mol. The molecule has 0 aliphatic carbocycles. The molecule has 0 spiro atoms. The molecule has 19 heavy (non-hydrogen) atoms. The Morgan fingerprint density at radius 3 is 2.42 bits per heavy atom. The van der Waals surface area contributed by atoms with Gasteiger partial charge in [-0.15, -0.1) is 0 Å². The molecule has 0 aliphatic rings. The lowest BCUT2D eigenvalue weighted by atomic mass is 10.2. The summed E-state index contributed by atoms with van der Waals surface area (Å²) in [5.41, 5.74) is 2.64. The molecule has 1 aromatic heterocycles. The third-order valence-corrected chi connectivity index (χ3v) is 2.97. The Bertz CT molecular complexity index is 523. The smallest absolute Gasteiger partial charge is 0.123 e. The summed E-state index contributed by atoms with van der Waals surface area (Å²) in [5, 5.41) is 9.40. The Hall–Kier alpha value is -1.94. The van der Waals surface area contributed by atoms with Crippen LogP contribution in [0.4, 0.5) is 10.1 Å². The molecule has 0 saturated heterocycles. The van der Waals surface area contributed by atoms with Crippen molar-refractivity contribution in [2.45, 2.75) is 19.6 Å². The van der Waals surface area contributed by atoms with Crippen molar-refractivity contribution < 1.29 is 9.50 Å². The third kappa shape index (κ3) is 3.51. The number of benzene rings is 1. The maximum Gasteiger partial charge on any atom is 0.123 e. The zero-order valence-corrected chi connectivity index (χ0v) is 11.0. The number of anilines is 1. The molecule has 0 radical (unpaired) electrons. The fourth-order valence-electron chi connectivity index (χ4n) is 1.83. The van der Waals surface area contributed by atoms with E-state index in [9.17, 15) is 9.50 Å². The van der Waals surface area contributed by atoms with Gasteiger partial charge in [-0.1, -0.05) is 12.1 Å². The number of aliphatic hydroxyl groups is 1. The third-order valence-electron chi connectivity index (χ3n) is 2.97. The second-order valence-corrected chi connectivity index (χ2v) is 4.60. The number of aliphatic hydroxyl groups excluding tert-OH is 1. The fourth-order valence-corrected chi connectivity index (χ4v) is 1.83. The van der Waals surface area contributed by atoms with Crippen LogP contribution < -0.4 is 4.90 Å². The van der Waals surface area contributed by atoms with Crippen molar-refractivity contribution >= 4 is 5.69 Å². The highest BCUT2D eigenvalue weighted by atomic mass is 19.1. The maximum atomic E-state index is 12.8. The van der Waals surface area contributed by atoms with Crippen molar-refractivity contribution in [2.24, 2.45) is 0 Å². The molecule has 4 heteroatoms. The predicted octanol–water partition coefficient (Wildman–Crippen LogP) is 2.91. The van der Waals surface area contributed by atoms with Crippen molar-refractivity contribution in [1.29, 1.82) is 0 Å². The van der Waals surface area contributed by atoms with Crippen LogP contribution in [0.15, 0.2) is 42.6 Å². The highest BCUT2D eigenvalue weighted by Crippen LogP contribution is 2.17. The number of hydrogen-bond acceptors (Lipinski definition) is 3. The van der Waals surface area contributed by atoms with Crippen molar-refractivity contribution in [3.63, 3.8) is 0 Å². The highest BCUT2D eigenvalue weighted by molar-refractivity contribution is 5.44. The van der Waals surface area contributed by atoms with Crippen molar-refractivity contribution in [3.8, 4) is 0 Å². The quantitative estimate of drug-likeness (QED) is 0.918. The van der Waals surface area contributed by atoms with E-state index in [0.29, 0.717) is 12.2 Å². The van der Waals surface area contributed by atoms with E-state index in [2.05, 4.69) is 4.98 Å². The molecular formula is C15H17FN2O. The fraction of sp³-hybridized carbons (Fsp3) is 0.267. The van der Waals surface area contributed by atoms with Gasteiger partial charge in [0.25, 0.3) is 0 Å². The van der Waals surface area contributed by atoms with Crippen LogP contribution in [-0.2, 0) is 6.54 Å². The second kappa shape index (κ2) is 5.80. The van der Waals surface area contributed by atoms with Gasteiger partial charge in [0.15, 0.2) is 0 Å². The zero-order valence-electron chi connectivity index (χ0n) is 11.0. The van der Waals surface area contributed by atoms with Gasteiger partial charge >= 0.3 is 0 Å². The first-order chi connectivity index (χ1) is 9.06. The minimum absolute atomic E-state index is 0.227. The molecule has 2 rings (SSSR count). The Labute approximate surface area is 112 Å². The largest absolute Gasteiger partial charge is 0.387 e. The van der Waals surface area contributed by atoms with Crippen LogP contribution in [0.5, 0.6) is 0 Å². The molecule has 100 valence electrons. The highest BCUT2D eigenvalue weighted by Gasteiger charge is 2.05. The van der Waals surface area contributed by atoms with Crippen molar-refractivity contribution in [2.75, 3.05) is 11.9 Å². The van der Waals surface area contributed by atoms with Gasteiger partial charge in [0.05, 0.1) is 23.7 Å². The first-order valence-electron chi connectivity index (χ1n) is 6.16. The second-order valence-electron chi connectivity index (χ2n) is 4.60. The predicted molar refractivity (Wildman–Crippen MR) is 73.4 cm³/mol. The molecule has 0 saturated carbocycles. The Kier molecular flexibility index (Phi) is 4.12. The van der Waals surface area contributed by atoms with Crippen LogP contribution in [0.3, 0.4) is 0 Å². The van der Waals surface area contributed by atoms with Gasteiger partial charge in [-0.3, -0.25) is 4.98 Å². The Morgan fingerprint density at radius 2 is 1.89 bits per heavy atom. The van der Waals surface area contributed by atoms with E-state index in [4.69, 9.17) is 0 Å². The first kappa shape index (κ1) is 13.5. The number of halogens is 1. The van der Waals surface area contributed by atoms with Crippen molar-refractivity contribution in [3.05, 3.63) is 59.7 Å². The van der Waals surface area contributed by atoms with Gasteiger partial charge in [0.2, 0.25) is 0 Å². The van der Waals surface area contributed by atoms with Crippen LogP contribution in [0, 0.1) is 5.82 Å². The molecule has 0 unspecified atom stereocenters. The number of nitrogens with zero attached hydrogens (tertiary/aromatic N) is 2. The molecule has 1 aromatic carbocycles. The monoisotopic (exact) mass is 260 g/mol. The van der Waals surface area contributed by atoms with E-state index in [-0.39, 0.29) is 5.82 Å². The molecule has 0 fully saturated rings. The molecule has 2 aromatic rings. The SMILES string of the molecule is C[C@@H](O)c1ccc(N(C)Cc2ccc(F)cc2)cn1. The van der Waals surface area contributed by atoms with Crippen LogP contribution in [0.25, 0.3) is 0 Å². The summed E-state index contributed by atoms with van der Waals surface area (Å²) in [4.78, 5) is 6.22. The van der Waals surface area contributed by atoms with Crippen LogP contribution in [0.1, 0.15) is 24.3 Å². The summed E-state index contributed by atoms with van der Waals surface area (Å²) >= 11 is 0. The van der Waals surface area contributed by atoms with Crippen LogP contribution in [-0.4, -0.2) is 17.1 Å². The summed E-state index contributed by atoms with van der Waals surface area (Å²) in [6, 6.07) is 10.2. The topological polar surface area (TPSA) is 36.4 Å². The summed E-state index contributed by atoms with van der Waals surface area (Å²) in [5.74, 6) is -0.227. The summed E-state index contributed by atoms with van der Waals surface area (Å²) in [6.45, 7) is 2.36. The number of aromatic nitrogens is 1. The van der Waals surface area contributed by atoms with Gasteiger partial charge in [0.1, 0.15) is 5.82 Å². The molecule has 1 atom stereocenters. The van der Waals surface area contributed by atoms with Crippen molar-refractivity contribution in [1.82, 2.24) is 4.98 Å².